The fourth-order valence-electron chi connectivity index (χ4n) is 2.60. The third-order valence-corrected chi connectivity index (χ3v) is 3.82. The normalized spacial score (nSPS) is 23.4. The fourth-order valence-corrected chi connectivity index (χ4v) is 2.60. The van der Waals surface area contributed by atoms with Crippen LogP contribution in [0.1, 0.15) is 47.0 Å². The molecule has 2 N–H and O–H groups in total. The first-order valence-corrected chi connectivity index (χ1v) is 6.49. The second-order valence-electron chi connectivity index (χ2n) is 6.10. The highest BCUT2D eigenvalue weighted by Crippen LogP contribution is 2.39. The van der Waals surface area contributed by atoms with Gasteiger partial charge in [-0.2, -0.15) is 0 Å². The minimum Gasteiger partial charge on any atom is -0.465 e. The van der Waals surface area contributed by atoms with Crippen molar-refractivity contribution < 1.29 is 19.7 Å². The summed E-state index contributed by atoms with van der Waals surface area (Å²) in [4.78, 5) is 12.8. The van der Waals surface area contributed by atoms with E-state index in [9.17, 15) is 9.90 Å². The molecular formula is C13H25NO4. The SMILES string of the molecule is CC(C)(CCCCO)[C@H]1COC(C)(C)N1C(=O)O. The number of aliphatic hydroxyl groups excluding tert-OH is 1. The summed E-state index contributed by atoms with van der Waals surface area (Å²) in [6.07, 6.45) is 1.60. The molecule has 1 aliphatic heterocycles. The Hall–Kier alpha value is -0.810. The molecule has 1 heterocycles. The van der Waals surface area contributed by atoms with Crippen LogP contribution in [0.2, 0.25) is 0 Å². The molecule has 5 nitrogen and oxygen atoms in total. The second kappa shape index (κ2) is 5.45. The Balaban J connectivity index is 2.77. The smallest absolute Gasteiger partial charge is 0.409 e. The zero-order valence-corrected chi connectivity index (χ0v) is 11.8. The summed E-state index contributed by atoms with van der Waals surface area (Å²) < 4.78 is 5.62. The van der Waals surface area contributed by atoms with E-state index in [-0.39, 0.29) is 18.1 Å². The predicted molar refractivity (Wildman–Crippen MR) is 68.4 cm³/mol. The van der Waals surface area contributed by atoms with Crippen molar-refractivity contribution in [3.63, 3.8) is 0 Å². The van der Waals surface area contributed by atoms with Crippen LogP contribution in [0, 0.1) is 5.41 Å². The van der Waals surface area contributed by atoms with E-state index in [1.54, 1.807) is 13.8 Å². The number of rotatable bonds is 5. The molecule has 0 bridgehead atoms. The van der Waals surface area contributed by atoms with Gasteiger partial charge in [-0.25, -0.2) is 4.79 Å². The van der Waals surface area contributed by atoms with Crippen LogP contribution in [-0.2, 0) is 4.74 Å². The third-order valence-electron chi connectivity index (χ3n) is 3.82. The van der Waals surface area contributed by atoms with Gasteiger partial charge in [-0.3, -0.25) is 4.90 Å². The van der Waals surface area contributed by atoms with Crippen LogP contribution < -0.4 is 0 Å². The van der Waals surface area contributed by atoms with Crippen LogP contribution in [0.4, 0.5) is 4.79 Å². The maximum atomic E-state index is 11.4. The average molecular weight is 259 g/mol. The molecule has 0 aromatic rings. The Morgan fingerprint density at radius 1 is 1.44 bits per heavy atom. The van der Waals surface area contributed by atoms with Gasteiger partial charge in [0.05, 0.1) is 12.6 Å². The molecule has 1 saturated heterocycles. The lowest BCUT2D eigenvalue weighted by molar-refractivity contribution is -0.0460. The topological polar surface area (TPSA) is 70.0 Å². The van der Waals surface area contributed by atoms with Crippen molar-refractivity contribution in [1.82, 2.24) is 4.90 Å². The Bertz CT molecular complexity index is 301. The molecule has 1 aliphatic rings. The van der Waals surface area contributed by atoms with Crippen molar-refractivity contribution in [3.8, 4) is 0 Å². The molecule has 0 aromatic carbocycles. The van der Waals surface area contributed by atoms with E-state index in [0.717, 1.165) is 19.3 Å². The van der Waals surface area contributed by atoms with Gasteiger partial charge < -0.3 is 14.9 Å². The Morgan fingerprint density at radius 2 is 2.06 bits per heavy atom. The molecule has 0 saturated carbocycles. The van der Waals surface area contributed by atoms with Gasteiger partial charge in [0.15, 0.2) is 0 Å². The monoisotopic (exact) mass is 259 g/mol. The molecule has 0 unspecified atom stereocenters. The minimum absolute atomic E-state index is 0.135. The summed E-state index contributed by atoms with van der Waals surface area (Å²) in [5.74, 6) is 0. The molecule has 1 fully saturated rings. The summed E-state index contributed by atoms with van der Waals surface area (Å²) in [5.41, 5.74) is -0.911. The Morgan fingerprint density at radius 3 is 2.56 bits per heavy atom. The zero-order chi connectivity index (χ0) is 14.0. The van der Waals surface area contributed by atoms with Gasteiger partial charge >= 0.3 is 6.09 Å². The number of hydrogen-bond acceptors (Lipinski definition) is 3. The number of nitrogens with zero attached hydrogens (tertiary/aromatic N) is 1. The molecule has 106 valence electrons. The molecular weight excluding hydrogens is 234 g/mol. The number of hydrogen-bond donors (Lipinski definition) is 2. The molecule has 0 aliphatic carbocycles. The van der Waals surface area contributed by atoms with Crippen molar-refractivity contribution in [2.45, 2.75) is 58.7 Å². The van der Waals surface area contributed by atoms with Gasteiger partial charge in [0, 0.05) is 6.61 Å². The highest BCUT2D eigenvalue weighted by atomic mass is 16.5. The van der Waals surface area contributed by atoms with E-state index in [1.165, 1.54) is 4.90 Å². The summed E-state index contributed by atoms with van der Waals surface area (Å²) in [6.45, 7) is 8.32. The number of aliphatic hydroxyl groups is 1. The van der Waals surface area contributed by atoms with E-state index in [2.05, 4.69) is 13.8 Å². The van der Waals surface area contributed by atoms with E-state index in [4.69, 9.17) is 9.84 Å². The van der Waals surface area contributed by atoms with Crippen molar-refractivity contribution in [2.75, 3.05) is 13.2 Å². The van der Waals surface area contributed by atoms with Gasteiger partial charge in [-0.15, -0.1) is 0 Å². The fraction of sp³-hybridized carbons (Fsp3) is 0.923. The number of carbonyl (C=O) groups is 1. The number of unbranched alkanes of at least 4 members (excludes halogenated alkanes) is 1. The Kier molecular flexibility index (Phi) is 4.61. The summed E-state index contributed by atoms with van der Waals surface area (Å²) in [6, 6.07) is -0.135. The lowest BCUT2D eigenvalue weighted by Gasteiger charge is -2.39. The van der Waals surface area contributed by atoms with Gasteiger partial charge in [0.1, 0.15) is 5.72 Å². The Labute approximate surface area is 109 Å². The van der Waals surface area contributed by atoms with Crippen LogP contribution in [-0.4, -0.2) is 46.2 Å². The minimum atomic E-state index is -0.933. The highest BCUT2D eigenvalue weighted by molar-refractivity contribution is 5.66. The second-order valence-corrected chi connectivity index (χ2v) is 6.10. The molecule has 5 heteroatoms. The third kappa shape index (κ3) is 3.14. The lowest BCUT2D eigenvalue weighted by Crippen LogP contribution is -2.52. The number of carboxylic acid groups (broad SMARTS) is 1. The molecule has 18 heavy (non-hydrogen) atoms. The number of amides is 1. The van der Waals surface area contributed by atoms with Crippen LogP contribution in [0.3, 0.4) is 0 Å². The van der Waals surface area contributed by atoms with Gasteiger partial charge in [0.2, 0.25) is 0 Å². The first-order valence-electron chi connectivity index (χ1n) is 6.49. The molecule has 1 atom stereocenters. The van der Waals surface area contributed by atoms with Gasteiger partial charge in [0.25, 0.3) is 0 Å². The van der Waals surface area contributed by atoms with E-state index in [1.807, 2.05) is 0 Å². The lowest BCUT2D eigenvalue weighted by atomic mass is 9.79. The average Bonchev–Trinajstić information content (AvgIpc) is 2.55. The molecule has 0 radical (unpaired) electrons. The summed E-state index contributed by atoms with van der Waals surface area (Å²) in [5, 5.41) is 18.2. The first-order chi connectivity index (χ1) is 8.22. The van der Waals surface area contributed by atoms with Crippen molar-refractivity contribution in [1.29, 1.82) is 0 Å². The van der Waals surface area contributed by atoms with Crippen LogP contribution in [0.5, 0.6) is 0 Å². The maximum absolute atomic E-state index is 11.4. The predicted octanol–water partition coefficient (Wildman–Crippen LogP) is 2.29. The molecule has 1 rings (SSSR count). The van der Waals surface area contributed by atoms with Crippen molar-refractivity contribution >= 4 is 6.09 Å². The zero-order valence-electron chi connectivity index (χ0n) is 11.8. The van der Waals surface area contributed by atoms with Crippen LogP contribution in [0.15, 0.2) is 0 Å². The van der Waals surface area contributed by atoms with Crippen molar-refractivity contribution in [3.05, 3.63) is 0 Å². The summed E-state index contributed by atoms with van der Waals surface area (Å²) >= 11 is 0. The first kappa shape index (κ1) is 15.2. The van der Waals surface area contributed by atoms with E-state index in [0.29, 0.717) is 6.61 Å². The van der Waals surface area contributed by atoms with E-state index >= 15 is 0 Å². The molecule has 0 aromatic heterocycles. The summed E-state index contributed by atoms with van der Waals surface area (Å²) in [7, 11) is 0. The standard InChI is InChI=1S/C13H25NO4/c1-12(2,7-5-6-8-15)10-9-18-13(3,4)14(10)11(16)17/h10,15H,5-9H2,1-4H3,(H,16,17)/t10-/m1/s1. The van der Waals surface area contributed by atoms with E-state index < -0.39 is 11.8 Å². The molecule has 1 amide bonds. The number of ether oxygens (including phenoxy) is 1. The van der Waals surface area contributed by atoms with Gasteiger partial charge in [-0.05, 0) is 32.1 Å². The molecule has 0 spiro atoms. The van der Waals surface area contributed by atoms with Gasteiger partial charge in [-0.1, -0.05) is 20.3 Å². The van der Waals surface area contributed by atoms with Crippen molar-refractivity contribution in [2.24, 2.45) is 5.41 Å². The van der Waals surface area contributed by atoms with Crippen LogP contribution >= 0.6 is 0 Å². The quantitative estimate of drug-likeness (QED) is 0.743. The largest absolute Gasteiger partial charge is 0.465 e. The van der Waals surface area contributed by atoms with Crippen LogP contribution in [0.25, 0.3) is 0 Å². The highest BCUT2D eigenvalue weighted by Gasteiger charge is 2.49. The maximum Gasteiger partial charge on any atom is 0.409 e.